The highest BCUT2D eigenvalue weighted by molar-refractivity contribution is 5.79. The van der Waals surface area contributed by atoms with Crippen molar-refractivity contribution in [2.24, 2.45) is 12.0 Å². The second kappa shape index (κ2) is 10.9. The molecule has 1 heterocycles. The lowest BCUT2D eigenvalue weighted by Crippen LogP contribution is -2.38. The highest BCUT2D eigenvalue weighted by Gasteiger charge is 2.06. The molecule has 2 rings (SSSR count). The van der Waals surface area contributed by atoms with Gasteiger partial charge in [-0.2, -0.15) is 0 Å². The summed E-state index contributed by atoms with van der Waals surface area (Å²) in [6.07, 6.45) is 9.57. The molecule has 0 aromatic carbocycles. The molecule has 140 valence electrons. The molecule has 0 spiro atoms. The number of hydrogen-bond donors (Lipinski definition) is 2. The third-order valence-corrected chi connectivity index (χ3v) is 4.50. The van der Waals surface area contributed by atoms with Crippen molar-refractivity contribution in [3.8, 4) is 0 Å². The Hall–Kier alpha value is -1.89. The Kier molecular flexibility index (Phi) is 8.45. The number of nitrogens with one attached hydrogen (secondary N) is 2. The van der Waals surface area contributed by atoms with E-state index in [0.717, 1.165) is 50.1 Å². The summed E-state index contributed by atoms with van der Waals surface area (Å²) in [5, 5.41) is 15.1. The fourth-order valence-electron chi connectivity index (χ4n) is 2.81. The Labute approximate surface area is 151 Å². The number of nitrogens with zero attached hydrogens (tertiary/aromatic N) is 4. The van der Waals surface area contributed by atoms with Crippen LogP contribution in [0.1, 0.15) is 50.2 Å². The summed E-state index contributed by atoms with van der Waals surface area (Å²) in [5.41, 5.74) is 1.57. The molecule has 1 aliphatic rings. The second-order valence-corrected chi connectivity index (χ2v) is 6.45. The van der Waals surface area contributed by atoms with Crippen LogP contribution in [-0.2, 0) is 18.3 Å². The predicted octanol–water partition coefficient (Wildman–Crippen LogP) is 2.09. The van der Waals surface area contributed by atoms with Gasteiger partial charge in [0.25, 0.3) is 0 Å². The molecule has 0 fully saturated rings. The molecule has 0 bridgehead atoms. The van der Waals surface area contributed by atoms with Gasteiger partial charge in [-0.15, -0.1) is 10.2 Å². The minimum atomic E-state index is 0.514. The van der Waals surface area contributed by atoms with Gasteiger partial charge in [0.05, 0.1) is 0 Å². The van der Waals surface area contributed by atoms with E-state index in [1.54, 1.807) is 12.7 Å². The van der Waals surface area contributed by atoms with Crippen LogP contribution < -0.4 is 10.6 Å². The van der Waals surface area contributed by atoms with Gasteiger partial charge in [0, 0.05) is 33.9 Å². The molecular formula is C18H32N6O. The molecule has 25 heavy (non-hydrogen) atoms. The van der Waals surface area contributed by atoms with E-state index in [-0.39, 0.29) is 0 Å². The van der Waals surface area contributed by atoms with Crippen LogP contribution in [-0.4, -0.2) is 47.5 Å². The monoisotopic (exact) mass is 348 g/mol. The minimum Gasteiger partial charge on any atom is -0.385 e. The van der Waals surface area contributed by atoms with Crippen LogP contribution in [0.3, 0.4) is 0 Å². The predicted molar refractivity (Wildman–Crippen MR) is 101 cm³/mol. The number of aromatic nitrogens is 3. The first-order valence-electron chi connectivity index (χ1n) is 9.24. The highest BCUT2D eigenvalue weighted by Crippen LogP contribution is 2.19. The van der Waals surface area contributed by atoms with Crippen LogP contribution in [0.25, 0.3) is 0 Å². The Bertz CT molecular complexity index is 578. The van der Waals surface area contributed by atoms with E-state index in [2.05, 4.69) is 31.9 Å². The van der Waals surface area contributed by atoms with Gasteiger partial charge in [0.2, 0.25) is 0 Å². The quantitative estimate of drug-likeness (QED) is 0.309. The average molecular weight is 348 g/mol. The van der Waals surface area contributed by atoms with Crippen molar-refractivity contribution in [2.75, 3.05) is 26.8 Å². The maximum absolute atomic E-state index is 5.10. The van der Waals surface area contributed by atoms with Crippen molar-refractivity contribution in [1.29, 1.82) is 0 Å². The van der Waals surface area contributed by atoms with Gasteiger partial charge in [-0.1, -0.05) is 11.6 Å². The Morgan fingerprint density at radius 1 is 1.28 bits per heavy atom. The maximum Gasteiger partial charge on any atom is 0.191 e. The second-order valence-electron chi connectivity index (χ2n) is 6.45. The lowest BCUT2D eigenvalue weighted by atomic mass is 9.97. The number of methoxy groups -OCH3 is 1. The Balaban J connectivity index is 1.85. The summed E-state index contributed by atoms with van der Waals surface area (Å²) >= 11 is 0. The van der Waals surface area contributed by atoms with Gasteiger partial charge in [-0.05, 0) is 45.4 Å². The lowest BCUT2D eigenvalue weighted by molar-refractivity contribution is 0.195. The molecule has 0 amide bonds. The van der Waals surface area contributed by atoms with Gasteiger partial charge in [0.15, 0.2) is 11.8 Å². The summed E-state index contributed by atoms with van der Waals surface area (Å²) in [4.78, 5) is 4.66. The largest absolute Gasteiger partial charge is 0.385 e. The number of aryl methyl sites for hydroxylation is 1. The van der Waals surface area contributed by atoms with Crippen LogP contribution in [0.2, 0.25) is 0 Å². The fourth-order valence-corrected chi connectivity index (χ4v) is 2.81. The van der Waals surface area contributed by atoms with Crippen LogP contribution in [0.5, 0.6) is 0 Å². The molecule has 0 saturated carbocycles. The normalized spacial score (nSPS) is 15.2. The first-order valence-corrected chi connectivity index (χ1v) is 9.24. The third-order valence-electron chi connectivity index (χ3n) is 4.50. The summed E-state index contributed by atoms with van der Waals surface area (Å²) in [7, 11) is 3.69. The number of guanidine groups is 1. The smallest absolute Gasteiger partial charge is 0.191 e. The zero-order chi connectivity index (χ0) is 17.9. The standard InChI is InChI=1S/C18H32N6O/c1-15-22-23-17(24(15)2)14-21-18(19-11-7-13-25-3)20-12-10-16-8-5-4-6-9-16/h8H,4-7,9-14H2,1-3H3,(H2,19,20,21). The van der Waals surface area contributed by atoms with Gasteiger partial charge in [-0.3, -0.25) is 0 Å². The zero-order valence-corrected chi connectivity index (χ0v) is 15.8. The van der Waals surface area contributed by atoms with E-state index in [9.17, 15) is 0 Å². The van der Waals surface area contributed by atoms with Crippen molar-refractivity contribution in [3.05, 3.63) is 23.3 Å². The van der Waals surface area contributed by atoms with Crippen LogP contribution >= 0.6 is 0 Å². The first-order chi connectivity index (χ1) is 12.2. The molecule has 0 saturated heterocycles. The van der Waals surface area contributed by atoms with Crippen molar-refractivity contribution in [2.45, 2.75) is 52.0 Å². The van der Waals surface area contributed by atoms with Gasteiger partial charge < -0.3 is 19.9 Å². The number of ether oxygens (including phenoxy) is 1. The van der Waals surface area contributed by atoms with E-state index in [1.165, 1.54) is 25.7 Å². The molecule has 0 unspecified atom stereocenters. The van der Waals surface area contributed by atoms with Crippen LogP contribution in [0.15, 0.2) is 16.6 Å². The van der Waals surface area contributed by atoms with E-state index in [4.69, 9.17) is 4.74 Å². The molecule has 0 atom stereocenters. The van der Waals surface area contributed by atoms with Crippen LogP contribution in [0, 0.1) is 6.92 Å². The fraction of sp³-hybridized carbons (Fsp3) is 0.722. The summed E-state index contributed by atoms with van der Waals surface area (Å²) in [5.74, 6) is 2.59. The average Bonchev–Trinajstić information content (AvgIpc) is 2.95. The molecule has 0 aliphatic heterocycles. The van der Waals surface area contributed by atoms with Crippen molar-refractivity contribution < 1.29 is 4.74 Å². The van der Waals surface area contributed by atoms with E-state index in [0.29, 0.717) is 6.54 Å². The van der Waals surface area contributed by atoms with E-state index >= 15 is 0 Å². The first kappa shape index (κ1) is 19.4. The lowest BCUT2D eigenvalue weighted by Gasteiger charge is -2.15. The topological polar surface area (TPSA) is 76.4 Å². The molecule has 1 aromatic heterocycles. The number of allylic oxidation sites excluding steroid dienone is 1. The summed E-state index contributed by atoms with van der Waals surface area (Å²) < 4.78 is 7.07. The van der Waals surface area contributed by atoms with Crippen molar-refractivity contribution >= 4 is 5.96 Å². The third kappa shape index (κ3) is 6.86. The number of hydrogen-bond acceptors (Lipinski definition) is 4. The van der Waals surface area contributed by atoms with Crippen molar-refractivity contribution in [3.63, 3.8) is 0 Å². The van der Waals surface area contributed by atoms with Gasteiger partial charge in [-0.25, -0.2) is 4.99 Å². The van der Waals surface area contributed by atoms with Crippen LogP contribution in [0.4, 0.5) is 0 Å². The molecule has 2 N–H and O–H groups in total. The minimum absolute atomic E-state index is 0.514. The van der Waals surface area contributed by atoms with Crippen molar-refractivity contribution in [1.82, 2.24) is 25.4 Å². The Morgan fingerprint density at radius 2 is 2.12 bits per heavy atom. The molecular weight excluding hydrogens is 316 g/mol. The van der Waals surface area contributed by atoms with Gasteiger partial charge in [0.1, 0.15) is 12.4 Å². The number of rotatable bonds is 9. The molecule has 0 radical (unpaired) electrons. The molecule has 1 aliphatic carbocycles. The highest BCUT2D eigenvalue weighted by atomic mass is 16.5. The maximum atomic E-state index is 5.10. The Morgan fingerprint density at radius 3 is 2.80 bits per heavy atom. The molecule has 7 heteroatoms. The molecule has 7 nitrogen and oxygen atoms in total. The van der Waals surface area contributed by atoms with E-state index in [1.807, 2.05) is 18.5 Å². The summed E-state index contributed by atoms with van der Waals surface area (Å²) in [6.45, 7) is 4.94. The number of aliphatic imine (C=N–C) groups is 1. The van der Waals surface area contributed by atoms with E-state index < -0.39 is 0 Å². The SMILES string of the molecule is COCCCNC(=NCc1nnc(C)n1C)NCCC1=CCCCC1. The summed E-state index contributed by atoms with van der Waals surface area (Å²) in [6, 6.07) is 0. The zero-order valence-electron chi connectivity index (χ0n) is 15.8. The molecule has 1 aromatic rings. The van der Waals surface area contributed by atoms with Gasteiger partial charge >= 0.3 is 0 Å².